The summed E-state index contributed by atoms with van der Waals surface area (Å²) >= 11 is 0. The van der Waals surface area contributed by atoms with Crippen molar-refractivity contribution in [2.24, 2.45) is 0 Å². The Kier molecular flexibility index (Phi) is 4.88. The number of aromatic nitrogens is 2. The number of benzene rings is 1. The molecule has 0 bridgehead atoms. The van der Waals surface area contributed by atoms with Crippen molar-refractivity contribution in [2.75, 3.05) is 11.4 Å². The highest BCUT2D eigenvalue weighted by atomic mass is 16.2. The summed E-state index contributed by atoms with van der Waals surface area (Å²) in [5, 5.41) is 7.33. The van der Waals surface area contributed by atoms with Gasteiger partial charge in [0.1, 0.15) is 0 Å². The molecule has 6 nitrogen and oxygen atoms in total. The third-order valence-electron chi connectivity index (χ3n) is 4.56. The molecule has 0 aliphatic carbocycles. The highest BCUT2D eigenvalue weighted by Gasteiger charge is 2.22. The molecule has 1 aromatic heterocycles. The largest absolute Gasteiger partial charge is 0.352 e. The lowest BCUT2D eigenvalue weighted by Gasteiger charge is -2.15. The Bertz CT molecular complexity index is 810. The van der Waals surface area contributed by atoms with Gasteiger partial charge in [0.15, 0.2) is 0 Å². The van der Waals surface area contributed by atoms with Crippen molar-refractivity contribution in [3.8, 4) is 0 Å². The molecule has 132 valence electrons. The Morgan fingerprint density at radius 1 is 1.24 bits per heavy atom. The van der Waals surface area contributed by atoms with E-state index in [1.54, 1.807) is 11.8 Å². The molecule has 0 fully saturated rings. The van der Waals surface area contributed by atoms with Gasteiger partial charge in [-0.25, -0.2) is 0 Å². The van der Waals surface area contributed by atoms with Gasteiger partial charge in [0.05, 0.1) is 5.69 Å². The van der Waals surface area contributed by atoms with Crippen LogP contribution in [0.25, 0.3) is 0 Å². The van der Waals surface area contributed by atoms with Crippen LogP contribution in [0.1, 0.15) is 35.9 Å². The molecule has 0 atom stereocenters. The first-order valence-corrected chi connectivity index (χ1v) is 8.61. The maximum absolute atomic E-state index is 12.1. The Labute approximate surface area is 147 Å². The predicted octanol–water partition coefficient (Wildman–Crippen LogP) is 2.12. The Morgan fingerprint density at radius 3 is 2.72 bits per heavy atom. The summed E-state index contributed by atoms with van der Waals surface area (Å²) in [6.45, 7) is 7.36. The minimum absolute atomic E-state index is 0.0124. The summed E-state index contributed by atoms with van der Waals surface area (Å²) in [5.74, 6) is 0.0855. The van der Waals surface area contributed by atoms with Crippen molar-refractivity contribution in [2.45, 2.75) is 46.7 Å². The number of anilines is 1. The third kappa shape index (κ3) is 3.90. The molecule has 0 unspecified atom stereocenters. The van der Waals surface area contributed by atoms with Crippen molar-refractivity contribution in [3.63, 3.8) is 0 Å². The second kappa shape index (κ2) is 7.09. The molecule has 0 radical (unpaired) electrons. The lowest BCUT2D eigenvalue weighted by molar-refractivity contribution is -0.121. The molecule has 1 aliphatic heterocycles. The van der Waals surface area contributed by atoms with Gasteiger partial charge in [0.25, 0.3) is 0 Å². The first-order chi connectivity index (χ1) is 11.9. The van der Waals surface area contributed by atoms with Crippen LogP contribution >= 0.6 is 0 Å². The van der Waals surface area contributed by atoms with E-state index in [0.717, 1.165) is 35.6 Å². The number of nitrogens with one attached hydrogen (secondary N) is 1. The van der Waals surface area contributed by atoms with Crippen LogP contribution in [0, 0.1) is 13.8 Å². The number of fused-ring (bicyclic) bond motifs is 1. The van der Waals surface area contributed by atoms with Crippen molar-refractivity contribution in [1.82, 2.24) is 15.1 Å². The van der Waals surface area contributed by atoms with Gasteiger partial charge in [-0.1, -0.05) is 12.1 Å². The molecule has 1 aromatic carbocycles. The van der Waals surface area contributed by atoms with E-state index in [-0.39, 0.29) is 11.8 Å². The molecule has 1 aliphatic rings. The van der Waals surface area contributed by atoms with E-state index in [1.165, 1.54) is 5.56 Å². The smallest absolute Gasteiger partial charge is 0.223 e. The molecular weight excluding hydrogens is 316 g/mol. The monoisotopic (exact) mass is 340 g/mol. The molecule has 0 saturated heterocycles. The van der Waals surface area contributed by atoms with Crippen molar-refractivity contribution in [1.29, 1.82) is 0 Å². The van der Waals surface area contributed by atoms with Crippen LogP contribution in [0.2, 0.25) is 0 Å². The number of hydrogen-bond acceptors (Lipinski definition) is 3. The number of hydrogen-bond donors (Lipinski definition) is 1. The Morgan fingerprint density at radius 2 is 2.04 bits per heavy atom. The van der Waals surface area contributed by atoms with Gasteiger partial charge in [-0.15, -0.1) is 0 Å². The van der Waals surface area contributed by atoms with Gasteiger partial charge < -0.3 is 10.2 Å². The number of carbonyl (C=O) groups excluding carboxylic acids is 2. The van der Waals surface area contributed by atoms with Gasteiger partial charge in [-0.3, -0.25) is 14.3 Å². The number of nitrogens with zero attached hydrogens (tertiary/aromatic N) is 3. The first kappa shape index (κ1) is 17.2. The van der Waals surface area contributed by atoms with Gasteiger partial charge in [-0.2, -0.15) is 5.10 Å². The predicted molar refractivity (Wildman–Crippen MR) is 96.3 cm³/mol. The summed E-state index contributed by atoms with van der Waals surface area (Å²) in [4.78, 5) is 25.5. The number of amides is 2. The zero-order valence-corrected chi connectivity index (χ0v) is 15.0. The molecule has 0 saturated carbocycles. The molecule has 25 heavy (non-hydrogen) atoms. The van der Waals surface area contributed by atoms with Crippen LogP contribution in [0.3, 0.4) is 0 Å². The van der Waals surface area contributed by atoms with Gasteiger partial charge >= 0.3 is 0 Å². The van der Waals surface area contributed by atoms with Gasteiger partial charge in [0, 0.05) is 44.4 Å². The van der Waals surface area contributed by atoms with Crippen LogP contribution in [-0.4, -0.2) is 28.1 Å². The summed E-state index contributed by atoms with van der Waals surface area (Å²) in [5.41, 5.74) is 5.26. The van der Waals surface area contributed by atoms with Crippen molar-refractivity contribution in [3.05, 3.63) is 46.8 Å². The molecule has 2 aromatic rings. The van der Waals surface area contributed by atoms with E-state index >= 15 is 0 Å². The standard InChI is InChI=1S/C19H24N4O2/c1-13-10-14(2)23(21-13)9-7-19(25)20-12-16-4-5-18-17(11-16)6-8-22(18)15(3)24/h4-5,10-11H,6-9,12H2,1-3H3,(H,20,25). The van der Waals surface area contributed by atoms with Crippen molar-refractivity contribution < 1.29 is 9.59 Å². The third-order valence-corrected chi connectivity index (χ3v) is 4.56. The van der Waals surface area contributed by atoms with E-state index in [4.69, 9.17) is 0 Å². The highest BCUT2D eigenvalue weighted by molar-refractivity contribution is 5.93. The normalized spacial score (nSPS) is 13.0. The summed E-state index contributed by atoms with van der Waals surface area (Å²) in [7, 11) is 0. The highest BCUT2D eigenvalue weighted by Crippen LogP contribution is 2.28. The quantitative estimate of drug-likeness (QED) is 0.906. The maximum atomic E-state index is 12.1. The Hall–Kier alpha value is -2.63. The number of carbonyl (C=O) groups is 2. The molecule has 6 heteroatoms. The number of aryl methyl sites for hydroxylation is 3. The van der Waals surface area contributed by atoms with E-state index in [1.807, 2.05) is 36.7 Å². The van der Waals surface area contributed by atoms with E-state index in [9.17, 15) is 9.59 Å². The topological polar surface area (TPSA) is 67.2 Å². The van der Waals surface area contributed by atoms with Crippen LogP contribution in [-0.2, 0) is 29.1 Å². The first-order valence-electron chi connectivity index (χ1n) is 8.61. The molecule has 0 spiro atoms. The Balaban J connectivity index is 1.53. The van der Waals surface area contributed by atoms with Crippen LogP contribution < -0.4 is 10.2 Å². The summed E-state index contributed by atoms with van der Waals surface area (Å²) in [6, 6.07) is 8.04. The minimum Gasteiger partial charge on any atom is -0.352 e. The number of rotatable bonds is 5. The SMILES string of the molecule is CC(=O)N1CCc2cc(CNC(=O)CCn3nc(C)cc3C)ccc21. The summed E-state index contributed by atoms with van der Waals surface area (Å²) in [6.07, 6.45) is 1.28. The van der Waals surface area contributed by atoms with Gasteiger partial charge in [-0.05, 0) is 43.5 Å². The van der Waals surface area contributed by atoms with E-state index in [2.05, 4.69) is 16.5 Å². The second-order valence-corrected chi connectivity index (χ2v) is 6.56. The lowest BCUT2D eigenvalue weighted by atomic mass is 10.1. The van der Waals surface area contributed by atoms with E-state index in [0.29, 0.717) is 19.5 Å². The average molecular weight is 340 g/mol. The molecular formula is C19H24N4O2. The zero-order chi connectivity index (χ0) is 18.0. The second-order valence-electron chi connectivity index (χ2n) is 6.56. The van der Waals surface area contributed by atoms with Crippen molar-refractivity contribution >= 4 is 17.5 Å². The lowest BCUT2D eigenvalue weighted by Crippen LogP contribution is -2.25. The molecule has 2 amide bonds. The van der Waals surface area contributed by atoms with Gasteiger partial charge in [0.2, 0.25) is 11.8 Å². The molecule has 1 N–H and O–H groups in total. The zero-order valence-electron chi connectivity index (χ0n) is 15.0. The fourth-order valence-corrected chi connectivity index (χ4v) is 3.29. The molecule has 3 rings (SSSR count). The summed E-state index contributed by atoms with van der Waals surface area (Å²) < 4.78 is 1.86. The average Bonchev–Trinajstić information content (AvgIpc) is 3.13. The fourth-order valence-electron chi connectivity index (χ4n) is 3.29. The van der Waals surface area contributed by atoms with Crippen LogP contribution in [0.15, 0.2) is 24.3 Å². The van der Waals surface area contributed by atoms with Crippen LogP contribution in [0.4, 0.5) is 5.69 Å². The van der Waals surface area contributed by atoms with Crippen LogP contribution in [0.5, 0.6) is 0 Å². The molecule has 2 heterocycles. The minimum atomic E-state index is 0.0124. The van der Waals surface area contributed by atoms with E-state index < -0.39 is 0 Å². The maximum Gasteiger partial charge on any atom is 0.223 e. The fraction of sp³-hybridized carbons (Fsp3) is 0.421.